The summed E-state index contributed by atoms with van der Waals surface area (Å²) < 4.78 is 30.8. The maximum absolute atomic E-state index is 13.0. The minimum Gasteiger partial charge on any atom is -0.513 e. The summed E-state index contributed by atoms with van der Waals surface area (Å²) in [5.74, 6) is 0.279. The SMILES string of the molecule is C=C(O)[C@H]1CC[C@H](NS(=O)(=O)c2ccc3cc(-c4ccccc4)n(C)c3c2)CC1. The number of allylic oxidation sites excluding steroid dienone is 1. The average Bonchev–Trinajstić information content (AvgIpc) is 3.05. The molecular weight excluding hydrogens is 384 g/mol. The Bertz CT molecular complexity index is 1140. The van der Waals surface area contributed by atoms with Crippen molar-refractivity contribution in [3.8, 4) is 11.3 Å². The van der Waals surface area contributed by atoms with Crippen LogP contribution in [0.4, 0.5) is 0 Å². The molecule has 1 fully saturated rings. The Morgan fingerprint density at radius 3 is 2.41 bits per heavy atom. The molecule has 1 aliphatic carbocycles. The third-order valence-electron chi connectivity index (χ3n) is 5.92. The van der Waals surface area contributed by atoms with Gasteiger partial charge >= 0.3 is 0 Å². The molecule has 1 heterocycles. The Morgan fingerprint density at radius 1 is 1.07 bits per heavy atom. The first-order valence-corrected chi connectivity index (χ1v) is 11.4. The van der Waals surface area contributed by atoms with Crippen LogP contribution in [0.5, 0.6) is 0 Å². The zero-order valence-corrected chi connectivity index (χ0v) is 17.3. The molecule has 1 saturated carbocycles. The standard InChI is InChI=1S/C23H26N2O3S/c1-16(26)17-8-11-20(12-9-17)24-29(27,28)21-13-10-19-14-22(25(2)23(19)15-21)18-6-4-3-5-7-18/h3-7,10,13-15,17,20,24,26H,1,8-9,11-12H2,2H3/t17-,20-. The number of nitrogens with one attached hydrogen (secondary N) is 1. The summed E-state index contributed by atoms with van der Waals surface area (Å²) in [4.78, 5) is 0.277. The molecule has 1 aliphatic rings. The smallest absolute Gasteiger partial charge is 0.240 e. The van der Waals surface area contributed by atoms with Gasteiger partial charge in [0.25, 0.3) is 0 Å². The van der Waals surface area contributed by atoms with E-state index in [1.54, 1.807) is 12.1 Å². The Balaban J connectivity index is 1.59. The molecule has 0 unspecified atom stereocenters. The summed E-state index contributed by atoms with van der Waals surface area (Å²) in [5.41, 5.74) is 3.02. The first kappa shape index (κ1) is 19.7. The fourth-order valence-electron chi connectivity index (χ4n) is 4.19. The first-order valence-electron chi connectivity index (χ1n) is 9.90. The topological polar surface area (TPSA) is 71.3 Å². The van der Waals surface area contributed by atoms with E-state index in [4.69, 9.17) is 0 Å². The van der Waals surface area contributed by atoms with E-state index in [2.05, 4.69) is 17.4 Å². The molecule has 152 valence electrons. The van der Waals surface area contributed by atoms with E-state index >= 15 is 0 Å². The fraction of sp³-hybridized carbons (Fsp3) is 0.304. The molecular formula is C23H26N2O3S. The van der Waals surface area contributed by atoms with Crippen molar-refractivity contribution < 1.29 is 13.5 Å². The maximum Gasteiger partial charge on any atom is 0.240 e. The summed E-state index contributed by atoms with van der Waals surface area (Å²) in [6, 6.07) is 17.3. The summed E-state index contributed by atoms with van der Waals surface area (Å²) in [6.45, 7) is 3.60. The minimum atomic E-state index is -3.61. The van der Waals surface area contributed by atoms with Crippen LogP contribution < -0.4 is 4.72 Å². The Labute approximate surface area is 171 Å². The van der Waals surface area contributed by atoms with Gasteiger partial charge in [0.2, 0.25) is 10.0 Å². The molecule has 0 radical (unpaired) electrons. The summed E-state index contributed by atoms with van der Waals surface area (Å²) in [7, 11) is -1.65. The molecule has 0 atom stereocenters. The van der Waals surface area contributed by atoms with Crippen LogP contribution >= 0.6 is 0 Å². The van der Waals surface area contributed by atoms with Crippen LogP contribution in [0.25, 0.3) is 22.2 Å². The zero-order chi connectivity index (χ0) is 20.6. The lowest BCUT2D eigenvalue weighted by molar-refractivity contribution is 0.259. The van der Waals surface area contributed by atoms with Crippen molar-refractivity contribution in [2.45, 2.75) is 36.6 Å². The molecule has 0 spiro atoms. The monoisotopic (exact) mass is 410 g/mol. The van der Waals surface area contributed by atoms with Crippen LogP contribution in [-0.4, -0.2) is 24.1 Å². The molecule has 3 aromatic rings. The molecule has 2 aromatic carbocycles. The molecule has 4 rings (SSSR count). The quantitative estimate of drug-likeness (QED) is 0.596. The predicted molar refractivity (Wildman–Crippen MR) is 116 cm³/mol. The number of fused-ring (bicyclic) bond motifs is 1. The van der Waals surface area contributed by atoms with Crippen molar-refractivity contribution in [1.29, 1.82) is 0 Å². The fourth-order valence-corrected chi connectivity index (χ4v) is 5.52. The van der Waals surface area contributed by atoms with Gasteiger partial charge < -0.3 is 9.67 Å². The van der Waals surface area contributed by atoms with Crippen LogP contribution in [0.2, 0.25) is 0 Å². The Morgan fingerprint density at radius 2 is 1.76 bits per heavy atom. The minimum absolute atomic E-state index is 0.0758. The van der Waals surface area contributed by atoms with Gasteiger partial charge in [0.15, 0.2) is 0 Å². The molecule has 0 saturated heterocycles. The van der Waals surface area contributed by atoms with Gasteiger partial charge in [-0.1, -0.05) is 43.0 Å². The van der Waals surface area contributed by atoms with E-state index in [0.29, 0.717) is 12.8 Å². The number of aryl methyl sites for hydroxylation is 1. The third kappa shape index (κ3) is 3.95. The van der Waals surface area contributed by atoms with E-state index in [9.17, 15) is 13.5 Å². The van der Waals surface area contributed by atoms with Gasteiger partial charge in [-0.15, -0.1) is 0 Å². The van der Waals surface area contributed by atoms with E-state index in [0.717, 1.165) is 35.0 Å². The lowest BCUT2D eigenvalue weighted by Crippen LogP contribution is -2.37. The molecule has 2 N–H and O–H groups in total. The number of aliphatic hydroxyl groups is 1. The van der Waals surface area contributed by atoms with Crippen molar-refractivity contribution in [3.05, 3.63) is 66.9 Å². The molecule has 6 heteroatoms. The predicted octanol–water partition coefficient (Wildman–Crippen LogP) is 4.75. The first-order chi connectivity index (χ1) is 13.8. The van der Waals surface area contributed by atoms with Gasteiger partial charge in [0.05, 0.1) is 10.7 Å². The van der Waals surface area contributed by atoms with E-state index in [1.807, 2.05) is 48.0 Å². The second-order valence-corrected chi connectivity index (χ2v) is 9.55. The Hall–Kier alpha value is -2.57. The molecule has 1 aromatic heterocycles. The van der Waals surface area contributed by atoms with Gasteiger partial charge in [0.1, 0.15) is 0 Å². The van der Waals surface area contributed by atoms with Gasteiger partial charge in [-0.2, -0.15) is 0 Å². The van der Waals surface area contributed by atoms with Crippen molar-refractivity contribution in [3.63, 3.8) is 0 Å². The molecule has 5 nitrogen and oxygen atoms in total. The summed E-state index contributed by atoms with van der Waals surface area (Å²) >= 11 is 0. The number of nitrogens with zero attached hydrogens (tertiary/aromatic N) is 1. The normalized spacial score (nSPS) is 20.0. The van der Waals surface area contributed by atoms with E-state index in [1.165, 1.54) is 0 Å². The molecule has 0 amide bonds. The number of rotatable bonds is 5. The lowest BCUT2D eigenvalue weighted by Gasteiger charge is -2.28. The van der Waals surface area contributed by atoms with Crippen LogP contribution in [0.15, 0.2) is 71.8 Å². The number of aromatic nitrogens is 1. The molecule has 29 heavy (non-hydrogen) atoms. The van der Waals surface area contributed by atoms with Crippen LogP contribution in [-0.2, 0) is 17.1 Å². The van der Waals surface area contributed by atoms with Gasteiger partial charge in [-0.05, 0) is 49.4 Å². The largest absolute Gasteiger partial charge is 0.513 e. The highest BCUT2D eigenvalue weighted by Crippen LogP contribution is 2.31. The van der Waals surface area contributed by atoms with Gasteiger partial charge in [-0.3, -0.25) is 0 Å². The lowest BCUT2D eigenvalue weighted by atomic mass is 9.86. The van der Waals surface area contributed by atoms with Crippen molar-refractivity contribution in [1.82, 2.24) is 9.29 Å². The highest BCUT2D eigenvalue weighted by Gasteiger charge is 2.27. The van der Waals surface area contributed by atoms with Crippen LogP contribution in [0.1, 0.15) is 25.7 Å². The zero-order valence-electron chi connectivity index (χ0n) is 16.5. The number of hydrogen-bond donors (Lipinski definition) is 2. The van der Waals surface area contributed by atoms with E-state index in [-0.39, 0.29) is 22.6 Å². The van der Waals surface area contributed by atoms with E-state index < -0.39 is 10.0 Å². The van der Waals surface area contributed by atoms with Crippen molar-refractivity contribution in [2.24, 2.45) is 13.0 Å². The number of aliphatic hydroxyl groups excluding tert-OH is 1. The number of hydrogen-bond acceptors (Lipinski definition) is 3. The summed E-state index contributed by atoms with van der Waals surface area (Å²) in [5, 5.41) is 10.6. The maximum atomic E-state index is 13.0. The second kappa shape index (κ2) is 7.69. The van der Waals surface area contributed by atoms with Crippen molar-refractivity contribution in [2.75, 3.05) is 0 Å². The van der Waals surface area contributed by atoms with Gasteiger partial charge in [-0.25, -0.2) is 13.1 Å². The summed E-state index contributed by atoms with van der Waals surface area (Å²) in [6.07, 6.45) is 2.90. The number of sulfonamides is 1. The molecule has 0 bridgehead atoms. The highest BCUT2D eigenvalue weighted by atomic mass is 32.2. The Kier molecular flexibility index (Phi) is 5.23. The van der Waals surface area contributed by atoms with Crippen LogP contribution in [0, 0.1) is 5.92 Å². The highest BCUT2D eigenvalue weighted by molar-refractivity contribution is 7.89. The van der Waals surface area contributed by atoms with Crippen molar-refractivity contribution >= 4 is 20.9 Å². The average molecular weight is 411 g/mol. The number of benzene rings is 2. The third-order valence-corrected chi connectivity index (χ3v) is 7.44. The van der Waals surface area contributed by atoms with Gasteiger partial charge in [0, 0.05) is 35.6 Å². The molecule has 0 aliphatic heterocycles. The van der Waals surface area contributed by atoms with Crippen LogP contribution in [0.3, 0.4) is 0 Å². The second-order valence-electron chi connectivity index (χ2n) is 7.84.